The number of aryl methyl sites for hydroxylation is 2. The maximum absolute atomic E-state index is 4.73. The number of hydrogen-bond donors (Lipinski definition) is 1. The molecule has 0 aliphatic rings. The van der Waals surface area contributed by atoms with Crippen molar-refractivity contribution < 1.29 is 0 Å². The summed E-state index contributed by atoms with van der Waals surface area (Å²) in [6, 6.07) is 2.04. The van der Waals surface area contributed by atoms with Crippen molar-refractivity contribution in [1.29, 1.82) is 0 Å². The first-order chi connectivity index (χ1) is 8.26. The summed E-state index contributed by atoms with van der Waals surface area (Å²) in [4.78, 5) is 10.2. The average molecular weight is 247 g/mol. The smallest absolute Gasteiger partial charge is 0.124 e. The number of nitrogens with one attached hydrogen (secondary N) is 1. The highest BCUT2D eigenvalue weighted by Gasteiger charge is 2.11. The van der Waals surface area contributed by atoms with Gasteiger partial charge in [-0.2, -0.15) is 0 Å². The lowest BCUT2D eigenvalue weighted by Crippen LogP contribution is -2.05. The molecule has 0 aliphatic heterocycles. The molecule has 3 nitrogen and oxygen atoms in total. The van der Waals surface area contributed by atoms with E-state index in [1.54, 1.807) is 11.3 Å². The van der Waals surface area contributed by atoms with Gasteiger partial charge in [0, 0.05) is 29.4 Å². The van der Waals surface area contributed by atoms with Crippen molar-refractivity contribution in [2.24, 2.45) is 0 Å². The molecule has 2 rings (SSSR count). The summed E-state index contributed by atoms with van der Waals surface area (Å²) in [6.45, 7) is 5.12. The first-order valence-electron chi connectivity index (χ1n) is 5.80. The molecule has 90 valence electrons. The summed E-state index contributed by atoms with van der Waals surface area (Å²) in [6.07, 6.45) is 4.70. The topological polar surface area (TPSA) is 37.8 Å². The molecule has 0 radical (unpaired) electrons. The van der Waals surface area contributed by atoms with E-state index in [4.69, 9.17) is 4.98 Å². The second kappa shape index (κ2) is 5.38. The SMILES string of the molecule is CCc1nc(-c2ccncc2C)sc1CNC. The second-order valence-corrected chi connectivity index (χ2v) is 5.05. The van der Waals surface area contributed by atoms with Crippen molar-refractivity contribution in [1.82, 2.24) is 15.3 Å². The minimum absolute atomic E-state index is 0.894. The monoisotopic (exact) mass is 247 g/mol. The lowest BCUT2D eigenvalue weighted by atomic mass is 10.2. The predicted octanol–water partition coefficient (Wildman–Crippen LogP) is 2.80. The van der Waals surface area contributed by atoms with Crippen molar-refractivity contribution in [3.63, 3.8) is 0 Å². The molecule has 2 aromatic rings. The maximum atomic E-state index is 4.73. The van der Waals surface area contributed by atoms with Crippen LogP contribution in [0, 0.1) is 6.92 Å². The number of aromatic nitrogens is 2. The van der Waals surface area contributed by atoms with Gasteiger partial charge in [-0.1, -0.05) is 6.92 Å². The van der Waals surface area contributed by atoms with E-state index in [9.17, 15) is 0 Å². The van der Waals surface area contributed by atoms with Gasteiger partial charge in [-0.05, 0) is 32.0 Å². The zero-order chi connectivity index (χ0) is 12.3. The molecule has 0 aliphatic carbocycles. The Kier molecular flexibility index (Phi) is 3.86. The maximum Gasteiger partial charge on any atom is 0.124 e. The fraction of sp³-hybridized carbons (Fsp3) is 0.385. The van der Waals surface area contributed by atoms with Crippen LogP contribution in [0.15, 0.2) is 18.5 Å². The Morgan fingerprint density at radius 2 is 2.24 bits per heavy atom. The van der Waals surface area contributed by atoms with Crippen LogP contribution >= 0.6 is 11.3 Å². The standard InChI is InChI=1S/C13H17N3S/c1-4-11-12(8-14-3)17-13(16-11)10-5-6-15-7-9(10)2/h5-7,14H,4,8H2,1-3H3. The Balaban J connectivity index is 2.43. The Morgan fingerprint density at radius 1 is 1.41 bits per heavy atom. The van der Waals surface area contributed by atoms with Gasteiger partial charge in [-0.3, -0.25) is 4.98 Å². The molecule has 2 heterocycles. The Hall–Kier alpha value is -1.26. The lowest BCUT2D eigenvalue weighted by molar-refractivity contribution is 0.815. The van der Waals surface area contributed by atoms with Gasteiger partial charge >= 0.3 is 0 Å². The van der Waals surface area contributed by atoms with Crippen LogP contribution < -0.4 is 5.32 Å². The van der Waals surface area contributed by atoms with E-state index in [-0.39, 0.29) is 0 Å². The van der Waals surface area contributed by atoms with Crippen molar-refractivity contribution in [2.75, 3.05) is 7.05 Å². The number of hydrogen-bond acceptors (Lipinski definition) is 4. The first kappa shape index (κ1) is 12.2. The molecule has 0 unspecified atom stereocenters. The van der Waals surface area contributed by atoms with Crippen LogP contribution in [-0.2, 0) is 13.0 Å². The van der Waals surface area contributed by atoms with E-state index in [0.29, 0.717) is 0 Å². The van der Waals surface area contributed by atoms with Crippen LogP contribution in [0.3, 0.4) is 0 Å². The first-order valence-corrected chi connectivity index (χ1v) is 6.62. The van der Waals surface area contributed by atoms with Gasteiger partial charge in [0.05, 0.1) is 5.69 Å². The van der Waals surface area contributed by atoms with Crippen LogP contribution in [0.25, 0.3) is 10.6 Å². The Morgan fingerprint density at radius 3 is 2.88 bits per heavy atom. The summed E-state index contributed by atoms with van der Waals surface area (Å²) >= 11 is 1.77. The van der Waals surface area contributed by atoms with E-state index in [0.717, 1.165) is 18.0 Å². The van der Waals surface area contributed by atoms with Gasteiger partial charge in [0.1, 0.15) is 5.01 Å². The Labute approximate surface area is 106 Å². The van der Waals surface area contributed by atoms with Crippen LogP contribution in [0.1, 0.15) is 23.1 Å². The Bertz CT molecular complexity index is 505. The van der Waals surface area contributed by atoms with Gasteiger partial charge in [0.2, 0.25) is 0 Å². The largest absolute Gasteiger partial charge is 0.315 e. The van der Waals surface area contributed by atoms with Gasteiger partial charge < -0.3 is 5.32 Å². The molecular weight excluding hydrogens is 230 g/mol. The summed E-state index contributed by atoms with van der Waals surface area (Å²) in [5, 5.41) is 4.30. The van der Waals surface area contributed by atoms with Crippen LogP contribution in [0.5, 0.6) is 0 Å². The van der Waals surface area contributed by atoms with E-state index >= 15 is 0 Å². The van der Waals surface area contributed by atoms with Crippen molar-refractivity contribution in [2.45, 2.75) is 26.8 Å². The highest BCUT2D eigenvalue weighted by atomic mass is 32.1. The fourth-order valence-corrected chi connectivity index (χ4v) is 3.04. The molecule has 0 saturated heterocycles. The average Bonchev–Trinajstić information content (AvgIpc) is 2.73. The van der Waals surface area contributed by atoms with Crippen LogP contribution in [0.4, 0.5) is 0 Å². The van der Waals surface area contributed by atoms with E-state index in [1.165, 1.54) is 21.7 Å². The minimum Gasteiger partial charge on any atom is -0.315 e. The third kappa shape index (κ3) is 2.53. The number of pyridine rings is 1. The molecule has 0 bridgehead atoms. The van der Waals surface area contributed by atoms with Gasteiger partial charge in [0.15, 0.2) is 0 Å². The summed E-state index contributed by atoms with van der Waals surface area (Å²) in [5.74, 6) is 0. The van der Waals surface area contributed by atoms with E-state index in [2.05, 4.69) is 24.1 Å². The zero-order valence-corrected chi connectivity index (χ0v) is 11.3. The zero-order valence-electron chi connectivity index (χ0n) is 10.4. The highest BCUT2D eigenvalue weighted by molar-refractivity contribution is 7.15. The molecule has 0 aromatic carbocycles. The molecule has 2 aromatic heterocycles. The number of nitrogens with zero attached hydrogens (tertiary/aromatic N) is 2. The molecule has 0 spiro atoms. The van der Waals surface area contributed by atoms with Crippen molar-refractivity contribution in [3.8, 4) is 10.6 Å². The highest BCUT2D eigenvalue weighted by Crippen LogP contribution is 2.30. The van der Waals surface area contributed by atoms with E-state index in [1.807, 2.05) is 25.5 Å². The molecule has 0 saturated carbocycles. The minimum atomic E-state index is 0.894. The van der Waals surface area contributed by atoms with Crippen LogP contribution in [-0.4, -0.2) is 17.0 Å². The molecular formula is C13H17N3S. The van der Waals surface area contributed by atoms with Crippen molar-refractivity contribution in [3.05, 3.63) is 34.6 Å². The molecule has 0 amide bonds. The van der Waals surface area contributed by atoms with Gasteiger partial charge in [-0.25, -0.2) is 4.98 Å². The number of thiazole rings is 1. The van der Waals surface area contributed by atoms with E-state index < -0.39 is 0 Å². The third-order valence-electron chi connectivity index (χ3n) is 2.70. The van der Waals surface area contributed by atoms with Gasteiger partial charge in [-0.15, -0.1) is 11.3 Å². The quantitative estimate of drug-likeness (QED) is 0.902. The van der Waals surface area contributed by atoms with Gasteiger partial charge in [0.25, 0.3) is 0 Å². The third-order valence-corrected chi connectivity index (χ3v) is 3.83. The summed E-state index contributed by atoms with van der Waals surface area (Å²) in [7, 11) is 1.97. The molecule has 1 N–H and O–H groups in total. The molecule has 4 heteroatoms. The molecule has 0 fully saturated rings. The number of rotatable bonds is 4. The normalized spacial score (nSPS) is 10.8. The predicted molar refractivity (Wildman–Crippen MR) is 72.2 cm³/mol. The lowest BCUT2D eigenvalue weighted by Gasteiger charge is -1.99. The molecule has 0 atom stereocenters. The fourth-order valence-electron chi connectivity index (χ4n) is 1.79. The second-order valence-electron chi connectivity index (χ2n) is 3.96. The summed E-state index contributed by atoms with van der Waals surface area (Å²) in [5.41, 5.74) is 3.58. The van der Waals surface area contributed by atoms with Crippen LogP contribution in [0.2, 0.25) is 0 Å². The summed E-state index contributed by atoms with van der Waals surface area (Å²) < 4.78 is 0. The van der Waals surface area contributed by atoms with Crippen molar-refractivity contribution >= 4 is 11.3 Å². The molecule has 17 heavy (non-hydrogen) atoms.